The highest BCUT2D eigenvalue weighted by Crippen LogP contribution is 2.25. The number of ether oxygens (including phenoxy) is 1. The Labute approximate surface area is 161 Å². The first-order valence-corrected chi connectivity index (χ1v) is 9.42. The second kappa shape index (κ2) is 8.97. The molecule has 1 aromatic carbocycles. The summed E-state index contributed by atoms with van der Waals surface area (Å²) in [5.41, 5.74) is 1.90. The number of aryl methyl sites for hydroxylation is 1. The standard InChI is InChI=1S/C21H28N4O2/c1-16-7-4-5-9-19(16)27-21-18(8-6-10-22-21)15-23-20(26)17(2)25-13-11-24(3)12-14-25/h4-10,17H,11-15H2,1-3H3,(H,23,26). The fourth-order valence-electron chi connectivity index (χ4n) is 3.13. The number of rotatable bonds is 6. The number of likely N-dealkylation sites (N-methyl/N-ethyl adjacent to an activating group) is 1. The summed E-state index contributed by atoms with van der Waals surface area (Å²) < 4.78 is 5.98. The molecule has 6 nitrogen and oxygen atoms in total. The van der Waals surface area contributed by atoms with Gasteiger partial charge in [-0.3, -0.25) is 9.69 Å². The zero-order valence-corrected chi connectivity index (χ0v) is 16.3. The molecule has 144 valence electrons. The number of amides is 1. The predicted octanol–water partition coefficient (Wildman–Crippen LogP) is 2.43. The number of carbonyl (C=O) groups excluding carboxylic acids is 1. The highest BCUT2D eigenvalue weighted by Gasteiger charge is 2.24. The topological polar surface area (TPSA) is 57.7 Å². The molecule has 27 heavy (non-hydrogen) atoms. The van der Waals surface area contributed by atoms with E-state index in [-0.39, 0.29) is 11.9 Å². The number of aromatic nitrogens is 1. The lowest BCUT2D eigenvalue weighted by atomic mass is 10.2. The number of hydrogen-bond donors (Lipinski definition) is 1. The lowest BCUT2D eigenvalue weighted by Crippen LogP contribution is -2.52. The van der Waals surface area contributed by atoms with Crippen molar-refractivity contribution in [2.75, 3.05) is 33.2 Å². The van der Waals surface area contributed by atoms with Crippen LogP contribution < -0.4 is 10.1 Å². The van der Waals surface area contributed by atoms with E-state index < -0.39 is 0 Å². The van der Waals surface area contributed by atoms with Crippen LogP contribution in [0.25, 0.3) is 0 Å². The molecule has 1 atom stereocenters. The smallest absolute Gasteiger partial charge is 0.237 e. The van der Waals surface area contributed by atoms with E-state index in [1.807, 2.05) is 50.2 Å². The minimum absolute atomic E-state index is 0.0326. The Bertz CT molecular complexity index is 772. The Morgan fingerprint density at radius 2 is 1.93 bits per heavy atom. The van der Waals surface area contributed by atoms with Crippen molar-refractivity contribution in [2.24, 2.45) is 0 Å². The van der Waals surface area contributed by atoms with E-state index in [1.54, 1.807) is 6.20 Å². The molecule has 2 heterocycles. The molecule has 0 radical (unpaired) electrons. The Morgan fingerprint density at radius 1 is 1.19 bits per heavy atom. The van der Waals surface area contributed by atoms with Crippen LogP contribution in [0, 0.1) is 6.92 Å². The lowest BCUT2D eigenvalue weighted by molar-refractivity contribution is -0.126. The van der Waals surface area contributed by atoms with Gasteiger partial charge in [-0.1, -0.05) is 24.3 Å². The summed E-state index contributed by atoms with van der Waals surface area (Å²) in [6, 6.07) is 11.5. The van der Waals surface area contributed by atoms with Crippen molar-refractivity contribution in [2.45, 2.75) is 26.4 Å². The fourth-order valence-corrected chi connectivity index (χ4v) is 3.13. The SMILES string of the molecule is Cc1ccccc1Oc1ncccc1CNC(=O)C(C)N1CCN(C)CC1. The van der Waals surface area contributed by atoms with Crippen molar-refractivity contribution in [3.8, 4) is 11.6 Å². The zero-order valence-electron chi connectivity index (χ0n) is 16.3. The number of nitrogens with one attached hydrogen (secondary N) is 1. The van der Waals surface area contributed by atoms with E-state index >= 15 is 0 Å². The molecule has 1 aromatic heterocycles. The molecular formula is C21H28N4O2. The van der Waals surface area contributed by atoms with Crippen LogP contribution in [0.2, 0.25) is 0 Å². The fraction of sp³-hybridized carbons (Fsp3) is 0.429. The average molecular weight is 368 g/mol. The Kier molecular flexibility index (Phi) is 6.42. The van der Waals surface area contributed by atoms with Crippen LogP contribution >= 0.6 is 0 Å². The van der Waals surface area contributed by atoms with Gasteiger partial charge in [0.1, 0.15) is 5.75 Å². The van der Waals surface area contributed by atoms with Gasteiger partial charge in [-0.05, 0) is 38.6 Å². The maximum absolute atomic E-state index is 12.6. The summed E-state index contributed by atoms with van der Waals surface area (Å²) in [6.07, 6.45) is 1.70. The number of para-hydroxylation sites is 1. The lowest BCUT2D eigenvalue weighted by Gasteiger charge is -2.35. The predicted molar refractivity (Wildman–Crippen MR) is 106 cm³/mol. The second-order valence-corrected chi connectivity index (χ2v) is 7.07. The average Bonchev–Trinajstić information content (AvgIpc) is 2.69. The van der Waals surface area contributed by atoms with E-state index in [4.69, 9.17) is 4.74 Å². The molecule has 1 aliphatic heterocycles. The van der Waals surface area contributed by atoms with E-state index in [0.717, 1.165) is 43.1 Å². The zero-order chi connectivity index (χ0) is 19.2. The van der Waals surface area contributed by atoms with Crippen molar-refractivity contribution in [3.05, 3.63) is 53.7 Å². The van der Waals surface area contributed by atoms with Gasteiger partial charge in [0.05, 0.1) is 6.04 Å². The number of benzene rings is 1. The number of carbonyl (C=O) groups is 1. The van der Waals surface area contributed by atoms with Crippen LogP contribution in [0.1, 0.15) is 18.1 Å². The summed E-state index contributed by atoms with van der Waals surface area (Å²) in [6.45, 7) is 8.18. The summed E-state index contributed by atoms with van der Waals surface area (Å²) in [5, 5.41) is 3.03. The molecule has 6 heteroatoms. The normalized spacial score (nSPS) is 16.7. The molecule has 0 aliphatic carbocycles. The van der Waals surface area contributed by atoms with Gasteiger partial charge in [-0.15, -0.1) is 0 Å². The van der Waals surface area contributed by atoms with E-state index in [2.05, 4.69) is 27.1 Å². The molecular weight excluding hydrogens is 340 g/mol. The minimum atomic E-state index is -0.142. The first kappa shape index (κ1) is 19.3. The Morgan fingerprint density at radius 3 is 2.67 bits per heavy atom. The van der Waals surface area contributed by atoms with Crippen LogP contribution in [0.15, 0.2) is 42.6 Å². The van der Waals surface area contributed by atoms with Gasteiger partial charge in [0.2, 0.25) is 11.8 Å². The van der Waals surface area contributed by atoms with Crippen molar-refractivity contribution in [1.82, 2.24) is 20.1 Å². The first-order valence-electron chi connectivity index (χ1n) is 9.42. The van der Waals surface area contributed by atoms with Crippen LogP contribution in [-0.4, -0.2) is 60.0 Å². The van der Waals surface area contributed by atoms with Gasteiger partial charge in [-0.2, -0.15) is 0 Å². The summed E-state index contributed by atoms with van der Waals surface area (Å²) in [5.74, 6) is 1.33. The second-order valence-electron chi connectivity index (χ2n) is 7.07. The van der Waals surface area contributed by atoms with Crippen molar-refractivity contribution >= 4 is 5.91 Å². The Hall–Kier alpha value is -2.44. The molecule has 1 saturated heterocycles. The van der Waals surface area contributed by atoms with Crippen molar-refractivity contribution < 1.29 is 9.53 Å². The summed E-state index contributed by atoms with van der Waals surface area (Å²) in [7, 11) is 2.11. The van der Waals surface area contributed by atoms with E-state index in [0.29, 0.717) is 12.4 Å². The number of hydrogen-bond acceptors (Lipinski definition) is 5. The molecule has 1 unspecified atom stereocenters. The minimum Gasteiger partial charge on any atom is -0.438 e. The third kappa shape index (κ3) is 5.05. The molecule has 1 N–H and O–H groups in total. The van der Waals surface area contributed by atoms with Gasteiger partial charge >= 0.3 is 0 Å². The molecule has 2 aromatic rings. The van der Waals surface area contributed by atoms with Crippen LogP contribution in [-0.2, 0) is 11.3 Å². The largest absolute Gasteiger partial charge is 0.438 e. The Balaban J connectivity index is 1.61. The third-order valence-corrected chi connectivity index (χ3v) is 5.07. The van der Waals surface area contributed by atoms with Gasteiger partial charge < -0.3 is 15.0 Å². The van der Waals surface area contributed by atoms with Gasteiger partial charge in [-0.25, -0.2) is 4.98 Å². The van der Waals surface area contributed by atoms with Crippen LogP contribution in [0.3, 0.4) is 0 Å². The number of piperazine rings is 1. The molecule has 0 spiro atoms. The molecule has 1 amide bonds. The maximum atomic E-state index is 12.6. The van der Waals surface area contributed by atoms with E-state index in [9.17, 15) is 4.79 Å². The number of pyridine rings is 1. The molecule has 0 saturated carbocycles. The molecule has 1 aliphatic rings. The monoisotopic (exact) mass is 368 g/mol. The van der Waals surface area contributed by atoms with Crippen molar-refractivity contribution in [3.63, 3.8) is 0 Å². The highest BCUT2D eigenvalue weighted by molar-refractivity contribution is 5.81. The van der Waals surface area contributed by atoms with Crippen molar-refractivity contribution in [1.29, 1.82) is 0 Å². The first-order chi connectivity index (χ1) is 13.0. The summed E-state index contributed by atoms with van der Waals surface area (Å²) >= 11 is 0. The van der Waals surface area contributed by atoms with Gasteiger partial charge in [0.15, 0.2) is 0 Å². The van der Waals surface area contributed by atoms with Crippen LogP contribution in [0.4, 0.5) is 0 Å². The van der Waals surface area contributed by atoms with E-state index in [1.165, 1.54) is 0 Å². The quantitative estimate of drug-likeness (QED) is 0.849. The van der Waals surface area contributed by atoms with Gasteiger partial charge in [0.25, 0.3) is 0 Å². The maximum Gasteiger partial charge on any atom is 0.237 e. The summed E-state index contributed by atoms with van der Waals surface area (Å²) in [4.78, 5) is 21.4. The molecule has 3 rings (SSSR count). The molecule has 1 fully saturated rings. The van der Waals surface area contributed by atoms with Crippen LogP contribution in [0.5, 0.6) is 11.6 Å². The van der Waals surface area contributed by atoms with Gasteiger partial charge in [0, 0.05) is 44.5 Å². The molecule has 0 bridgehead atoms. The highest BCUT2D eigenvalue weighted by atomic mass is 16.5. The third-order valence-electron chi connectivity index (χ3n) is 5.07. The number of nitrogens with zero attached hydrogens (tertiary/aromatic N) is 3.